The van der Waals surface area contributed by atoms with E-state index in [0.717, 1.165) is 17.4 Å². The predicted octanol–water partition coefficient (Wildman–Crippen LogP) is 3.11. The number of sulfone groups is 1. The first-order valence-electron chi connectivity index (χ1n) is 9.02. The molecular formula is C20H27N3O4S. The molecule has 0 bridgehead atoms. The van der Waals surface area contributed by atoms with Gasteiger partial charge in [-0.1, -0.05) is 30.3 Å². The Labute approximate surface area is 166 Å². The molecule has 1 heterocycles. The summed E-state index contributed by atoms with van der Waals surface area (Å²) in [6.07, 6.45) is 5.43. The normalized spacial score (nSPS) is 12.4. The van der Waals surface area contributed by atoms with Gasteiger partial charge < -0.3 is 10.1 Å². The highest BCUT2D eigenvalue weighted by molar-refractivity contribution is 7.94. The SMILES string of the molecule is COC(C)(C)CCn1cc(NC(=O)CCS(=O)(=O)C=Cc2ccccc2)cn1. The number of nitrogens with one attached hydrogen (secondary N) is 1. The van der Waals surface area contributed by atoms with Crippen molar-refractivity contribution in [2.75, 3.05) is 18.2 Å². The topological polar surface area (TPSA) is 90.3 Å². The first kappa shape index (κ1) is 21.8. The maximum absolute atomic E-state index is 12.1. The molecule has 7 nitrogen and oxygen atoms in total. The summed E-state index contributed by atoms with van der Waals surface area (Å²) in [6, 6.07) is 9.14. The van der Waals surface area contributed by atoms with Gasteiger partial charge in [-0.3, -0.25) is 9.48 Å². The fourth-order valence-electron chi connectivity index (χ4n) is 2.31. The van der Waals surface area contributed by atoms with Crippen molar-refractivity contribution in [3.8, 4) is 0 Å². The van der Waals surface area contributed by atoms with E-state index >= 15 is 0 Å². The second kappa shape index (κ2) is 9.66. The zero-order chi connectivity index (χ0) is 20.6. The van der Waals surface area contributed by atoms with Gasteiger partial charge in [0, 0.05) is 31.7 Å². The van der Waals surface area contributed by atoms with Crippen LogP contribution in [0.1, 0.15) is 32.3 Å². The highest BCUT2D eigenvalue weighted by atomic mass is 32.2. The standard InChI is InChI=1S/C20H27N3O4S/c1-20(2,27-3)11-12-23-16-18(15-21-23)22-19(24)10-14-28(25,26)13-9-17-7-5-4-6-8-17/h4-9,13,15-16H,10-12,14H2,1-3H3,(H,22,24). The van der Waals surface area contributed by atoms with Crippen LogP contribution in [0.2, 0.25) is 0 Å². The fourth-order valence-corrected chi connectivity index (χ4v) is 3.28. The maximum atomic E-state index is 12.1. The van der Waals surface area contributed by atoms with Crippen LogP contribution in [0.15, 0.2) is 48.1 Å². The van der Waals surface area contributed by atoms with Gasteiger partial charge in [-0.15, -0.1) is 0 Å². The summed E-state index contributed by atoms with van der Waals surface area (Å²) in [6.45, 7) is 4.63. The van der Waals surface area contributed by atoms with Gasteiger partial charge in [-0.25, -0.2) is 8.42 Å². The van der Waals surface area contributed by atoms with Crippen molar-refractivity contribution < 1.29 is 17.9 Å². The van der Waals surface area contributed by atoms with Crippen molar-refractivity contribution in [2.24, 2.45) is 0 Å². The van der Waals surface area contributed by atoms with Crippen molar-refractivity contribution in [2.45, 2.75) is 38.8 Å². The van der Waals surface area contributed by atoms with Crippen LogP contribution in [-0.4, -0.2) is 42.6 Å². The van der Waals surface area contributed by atoms with Gasteiger partial charge in [-0.2, -0.15) is 5.10 Å². The van der Waals surface area contributed by atoms with E-state index < -0.39 is 9.84 Å². The van der Waals surface area contributed by atoms with Gasteiger partial charge in [0.25, 0.3) is 0 Å². The molecule has 0 spiro atoms. The summed E-state index contributed by atoms with van der Waals surface area (Å²) < 4.78 is 31.2. The Hall–Kier alpha value is -2.45. The Morgan fingerprint density at radius 3 is 2.68 bits per heavy atom. The Balaban J connectivity index is 1.81. The molecule has 2 rings (SSSR count). The number of carbonyl (C=O) groups excluding carboxylic acids is 1. The lowest BCUT2D eigenvalue weighted by Crippen LogP contribution is -2.24. The molecule has 28 heavy (non-hydrogen) atoms. The minimum atomic E-state index is -3.47. The Bertz CT molecular complexity index is 903. The molecule has 0 unspecified atom stereocenters. The molecule has 0 saturated carbocycles. The molecule has 0 saturated heterocycles. The number of anilines is 1. The van der Waals surface area contributed by atoms with Gasteiger partial charge >= 0.3 is 0 Å². The molecule has 1 N–H and O–H groups in total. The first-order chi connectivity index (χ1) is 13.2. The largest absolute Gasteiger partial charge is 0.379 e. The molecule has 0 aliphatic carbocycles. The smallest absolute Gasteiger partial charge is 0.225 e. The van der Waals surface area contributed by atoms with E-state index in [1.165, 1.54) is 6.08 Å². The van der Waals surface area contributed by atoms with Crippen molar-refractivity contribution in [3.63, 3.8) is 0 Å². The van der Waals surface area contributed by atoms with Crippen LogP contribution < -0.4 is 5.32 Å². The highest BCUT2D eigenvalue weighted by Crippen LogP contribution is 2.15. The number of nitrogens with zero attached hydrogens (tertiary/aromatic N) is 2. The third-order valence-electron chi connectivity index (χ3n) is 4.29. The molecule has 0 fully saturated rings. The van der Waals surface area contributed by atoms with Gasteiger partial charge in [0.05, 0.1) is 23.2 Å². The molecule has 0 aliphatic heterocycles. The van der Waals surface area contributed by atoms with Crippen LogP contribution >= 0.6 is 0 Å². The van der Waals surface area contributed by atoms with Gasteiger partial charge in [0.1, 0.15) is 0 Å². The van der Waals surface area contributed by atoms with E-state index in [1.54, 1.807) is 24.2 Å². The number of benzene rings is 1. The summed E-state index contributed by atoms with van der Waals surface area (Å²) in [5, 5.41) is 8.02. The Morgan fingerprint density at radius 2 is 2.00 bits per heavy atom. The van der Waals surface area contributed by atoms with Crippen molar-refractivity contribution >= 4 is 27.5 Å². The third kappa shape index (κ3) is 7.66. The van der Waals surface area contributed by atoms with Crippen molar-refractivity contribution in [3.05, 3.63) is 53.7 Å². The Morgan fingerprint density at radius 1 is 1.29 bits per heavy atom. The number of hydrogen-bond donors (Lipinski definition) is 1. The molecule has 152 valence electrons. The summed E-state index contributed by atoms with van der Waals surface area (Å²) in [5.74, 6) is -0.619. The number of aromatic nitrogens is 2. The van der Waals surface area contributed by atoms with E-state index in [1.807, 2.05) is 44.2 Å². The van der Waals surface area contributed by atoms with Crippen LogP contribution in [0.3, 0.4) is 0 Å². The van der Waals surface area contributed by atoms with Crippen LogP contribution in [-0.2, 0) is 25.9 Å². The van der Waals surface area contributed by atoms with Crippen LogP contribution in [0.5, 0.6) is 0 Å². The summed E-state index contributed by atoms with van der Waals surface area (Å²) >= 11 is 0. The number of ether oxygens (including phenoxy) is 1. The van der Waals surface area contributed by atoms with E-state index in [4.69, 9.17) is 4.74 Å². The molecule has 1 amide bonds. The van der Waals surface area contributed by atoms with E-state index in [-0.39, 0.29) is 23.7 Å². The molecule has 0 radical (unpaired) electrons. The second-order valence-corrected chi connectivity index (χ2v) is 9.09. The number of rotatable bonds is 10. The fraction of sp³-hybridized carbons (Fsp3) is 0.400. The highest BCUT2D eigenvalue weighted by Gasteiger charge is 2.16. The number of methoxy groups -OCH3 is 1. The van der Waals surface area contributed by atoms with Crippen LogP contribution in [0, 0.1) is 0 Å². The first-order valence-corrected chi connectivity index (χ1v) is 10.7. The second-order valence-electron chi connectivity index (χ2n) is 7.08. The van der Waals surface area contributed by atoms with Crippen molar-refractivity contribution in [1.29, 1.82) is 0 Å². The average Bonchev–Trinajstić information content (AvgIpc) is 3.12. The molecule has 0 aliphatic rings. The minimum Gasteiger partial charge on any atom is -0.379 e. The molecule has 2 aromatic rings. The number of aryl methyl sites for hydroxylation is 1. The minimum absolute atomic E-state index is 0.122. The van der Waals surface area contributed by atoms with Gasteiger partial charge in [0.15, 0.2) is 9.84 Å². The molecular weight excluding hydrogens is 378 g/mol. The van der Waals surface area contributed by atoms with E-state index in [2.05, 4.69) is 10.4 Å². The van der Waals surface area contributed by atoms with Gasteiger partial charge in [-0.05, 0) is 31.9 Å². The van der Waals surface area contributed by atoms with Crippen molar-refractivity contribution in [1.82, 2.24) is 9.78 Å². The number of hydrogen-bond acceptors (Lipinski definition) is 5. The lowest BCUT2D eigenvalue weighted by atomic mass is 10.1. The van der Waals surface area contributed by atoms with Crippen LogP contribution in [0.4, 0.5) is 5.69 Å². The zero-order valence-electron chi connectivity index (χ0n) is 16.5. The average molecular weight is 406 g/mol. The van der Waals surface area contributed by atoms with Gasteiger partial charge in [0.2, 0.25) is 5.91 Å². The van der Waals surface area contributed by atoms with E-state index in [0.29, 0.717) is 12.2 Å². The maximum Gasteiger partial charge on any atom is 0.225 e. The monoisotopic (exact) mass is 405 g/mol. The summed E-state index contributed by atoms with van der Waals surface area (Å²) in [5.41, 5.74) is 1.08. The molecule has 0 atom stereocenters. The Kier molecular flexibility index (Phi) is 7.53. The summed E-state index contributed by atoms with van der Waals surface area (Å²) in [7, 11) is -1.80. The molecule has 8 heteroatoms. The quantitative estimate of drug-likeness (QED) is 0.656. The lowest BCUT2D eigenvalue weighted by Gasteiger charge is -2.22. The number of carbonyl (C=O) groups is 1. The van der Waals surface area contributed by atoms with E-state index in [9.17, 15) is 13.2 Å². The lowest BCUT2D eigenvalue weighted by molar-refractivity contribution is -0.115. The summed E-state index contributed by atoms with van der Waals surface area (Å²) in [4.78, 5) is 12.0. The number of amides is 1. The predicted molar refractivity (Wildman–Crippen MR) is 110 cm³/mol. The molecule has 1 aromatic carbocycles. The van der Waals surface area contributed by atoms with Crippen LogP contribution in [0.25, 0.3) is 6.08 Å². The third-order valence-corrected chi connectivity index (χ3v) is 5.62. The zero-order valence-corrected chi connectivity index (χ0v) is 17.3. The molecule has 1 aromatic heterocycles.